The second-order valence-corrected chi connectivity index (χ2v) is 4.62. The van der Waals surface area contributed by atoms with Crippen molar-refractivity contribution in [1.82, 2.24) is 0 Å². The predicted octanol–water partition coefficient (Wildman–Crippen LogP) is 2.46. The number of halogens is 2. The summed E-state index contributed by atoms with van der Waals surface area (Å²) in [4.78, 5) is 22.5. The lowest BCUT2D eigenvalue weighted by Gasteiger charge is -2.07. The summed E-state index contributed by atoms with van der Waals surface area (Å²) >= 11 is 3.06. The molecule has 0 unspecified atom stereocenters. The first kappa shape index (κ1) is 16.6. The number of carbonyl (C=O) groups excluding carboxylic acids is 2. The summed E-state index contributed by atoms with van der Waals surface area (Å²) in [5.41, 5.74) is 0. The molecule has 1 rings (SSSR count). The molecule has 0 aliphatic heterocycles. The van der Waals surface area contributed by atoms with Crippen LogP contribution in [0, 0.1) is 5.82 Å². The second kappa shape index (κ2) is 8.65. The zero-order valence-electron chi connectivity index (χ0n) is 10.9. The van der Waals surface area contributed by atoms with Gasteiger partial charge in [-0.2, -0.15) is 0 Å². The van der Waals surface area contributed by atoms with Gasteiger partial charge in [0.25, 0.3) is 0 Å². The van der Waals surface area contributed by atoms with Crippen molar-refractivity contribution < 1.29 is 28.2 Å². The smallest absolute Gasteiger partial charge is 0.337 e. The lowest BCUT2D eigenvalue weighted by atomic mass is 10.3. The van der Waals surface area contributed by atoms with Crippen molar-refractivity contribution >= 4 is 27.9 Å². The van der Waals surface area contributed by atoms with E-state index in [-0.39, 0.29) is 12.4 Å². The van der Waals surface area contributed by atoms with Crippen LogP contribution in [0.1, 0.15) is 13.3 Å². The van der Waals surface area contributed by atoms with Crippen molar-refractivity contribution in [3.63, 3.8) is 0 Å². The number of rotatable bonds is 7. The molecule has 0 saturated carbocycles. The minimum absolute atomic E-state index is 0.175. The third kappa shape index (κ3) is 6.12. The quantitative estimate of drug-likeness (QED) is 0.559. The Morgan fingerprint density at radius 2 is 1.95 bits per heavy atom. The molecule has 1 aromatic rings. The average molecular weight is 349 g/mol. The van der Waals surface area contributed by atoms with E-state index in [9.17, 15) is 14.0 Å². The number of hydrogen-bond acceptors (Lipinski definition) is 5. The van der Waals surface area contributed by atoms with Gasteiger partial charge in [0, 0.05) is 0 Å². The number of hydrogen-bond donors (Lipinski definition) is 0. The van der Waals surface area contributed by atoms with Crippen molar-refractivity contribution in [1.29, 1.82) is 0 Å². The lowest BCUT2D eigenvalue weighted by molar-refractivity contribution is -0.151. The highest BCUT2D eigenvalue weighted by Gasteiger charge is 2.10. The van der Waals surface area contributed by atoms with Crippen LogP contribution in [0.3, 0.4) is 0 Å². The minimum Gasteiger partial charge on any atom is -0.464 e. The van der Waals surface area contributed by atoms with E-state index in [0.29, 0.717) is 17.5 Å². The minimum atomic E-state index is -0.694. The summed E-state index contributed by atoms with van der Waals surface area (Å²) in [6, 6.07) is 3.65. The molecule has 0 aromatic heterocycles. The summed E-state index contributed by atoms with van der Waals surface area (Å²) in [5.74, 6) is -1.51. The van der Waals surface area contributed by atoms with Gasteiger partial charge in [-0.15, -0.1) is 0 Å². The normalized spacial score (nSPS) is 10.2. The van der Waals surface area contributed by atoms with Gasteiger partial charge in [-0.1, -0.05) is 6.92 Å². The third-order valence-electron chi connectivity index (χ3n) is 2.02. The topological polar surface area (TPSA) is 61.8 Å². The third-order valence-corrected chi connectivity index (χ3v) is 2.64. The van der Waals surface area contributed by atoms with Crippen LogP contribution in [-0.2, 0) is 19.1 Å². The van der Waals surface area contributed by atoms with E-state index in [0.717, 1.165) is 6.07 Å². The predicted molar refractivity (Wildman–Crippen MR) is 71.8 cm³/mol. The van der Waals surface area contributed by atoms with E-state index in [1.54, 1.807) is 0 Å². The Labute approximate surface area is 124 Å². The van der Waals surface area contributed by atoms with E-state index >= 15 is 0 Å². The van der Waals surface area contributed by atoms with Gasteiger partial charge in [0.15, 0.2) is 0 Å². The Balaban J connectivity index is 2.31. The van der Waals surface area contributed by atoms with E-state index in [1.165, 1.54) is 12.1 Å². The molecule has 20 heavy (non-hydrogen) atoms. The molecule has 0 saturated heterocycles. The summed E-state index contributed by atoms with van der Waals surface area (Å²) < 4.78 is 27.7. The molecule has 0 radical (unpaired) electrons. The molecule has 0 atom stereocenters. The van der Waals surface area contributed by atoms with E-state index in [2.05, 4.69) is 15.9 Å². The SMILES string of the molecule is CCCOC(=O)COCC(=O)Oc1ccc(F)cc1Br. The molecule has 0 bridgehead atoms. The highest BCUT2D eigenvalue weighted by molar-refractivity contribution is 9.10. The van der Waals surface area contributed by atoms with Gasteiger partial charge < -0.3 is 14.2 Å². The van der Waals surface area contributed by atoms with Crippen LogP contribution >= 0.6 is 15.9 Å². The first-order valence-corrected chi connectivity index (χ1v) is 6.71. The van der Waals surface area contributed by atoms with Crippen LogP contribution in [0.4, 0.5) is 4.39 Å². The maximum atomic E-state index is 12.8. The van der Waals surface area contributed by atoms with E-state index in [1.807, 2.05) is 6.92 Å². The molecule has 0 aliphatic rings. The van der Waals surface area contributed by atoms with Crippen LogP contribution in [0.25, 0.3) is 0 Å². The van der Waals surface area contributed by atoms with Gasteiger partial charge in [0.1, 0.15) is 24.8 Å². The lowest BCUT2D eigenvalue weighted by Crippen LogP contribution is -2.20. The first-order valence-electron chi connectivity index (χ1n) is 5.92. The molecule has 0 N–H and O–H groups in total. The molecule has 110 valence electrons. The standard InChI is InChI=1S/C13H14BrFO5/c1-2-5-19-12(16)7-18-8-13(17)20-11-4-3-9(15)6-10(11)14/h3-4,6H,2,5,7-8H2,1H3. The van der Waals surface area contributed by atoms with E-state index in [4.69, 9.17) is 14.2 Å². The summed E-state index contributed by atoms with van der Waals surface area (Å²) in [5, 5.41) is 0. The first-order chi connectivity index (χ1) is 9.52. The van der Waals surface area contributed by atoms with Crippen LogP contribution < -0.4 is 4.74 Å². The molecule has 0 spiro atoms. The average Bonchev–Trinajstić information content (AvgIpc) is 2.39. The molecule has 5 nitrogen and oxygen atoms in total. The fourth-order valence-corrected chi connectivity index (χ4v) is 1.62. The fraction of sp³-hybridized carbons (Fsp3) is 0.385. The fourth-order valence-electron chi connectivity index (χ4n) is 1.19. The summed E-state index contributed by atoms with van der Waals surface area (Å²) in [6.07, 6.45) is 0.715. The van der Waals surface area contributed by atoms with Crippen LogP contribution in [0.5, 0.6) is 5.75 Å². The molecule has 0 heterocycles. The zero-order valence-corrected chi connectivity index (χ0v) is 12.4. The Kier molecular flexibility index (Phi) is 7.17. The number of carbonyl (C=O) groups is 2. The van der Waals surface area contributed by atoms with Crippen LogP contribution in [0.15, 0.2) is 22.7 Å². The molecule has 0 amide bonds. The molecular weight excluding hydrogens is 335 g/mol. The summed E-state index contributed by atoms with van der Waals surface area (Å²) in [7, 11) is 0. The monoisotopic (exact) mass is 348 g/mol. The molecule has 0 fully saturated rings. The molecule has 1 aromatic carbocycles. The molecular formula is C13H14BrFO5. The second-order valence-electron chi connectivity index (χ2n) is 3.76. The number of ether oxygens (including phenoxy) is 3. The maximum Gasteiger partial charge on any atom is 0.337 e. The van der Waals surface area contributed by atoms with Crippen molar-refractivity contribution in [2.75, 3.05) is 19.8 Å². The highest BCUT2D eigenvalue weighted by atomic mass is 79.9. The van der Waals surface area contributed by atoms with Gasteiger partial charge in [-0.25, -0.2) is 14.0 Å². The van der Waals surface area contributed by atoms with Gasteiger partial charge >= 0.3 is 11.9 Å². The van der Waals surface area contributed by atoms with Crippen molar-refractivity contribution in [3.05, 3.63) is 28.5 Å². The van der Waals surface area contributed by atoms with Gasteiger partial charge in [-0.3, -0.25) is 0 Å². The Morgan fingerprint density at radius 1 is 1.25 bits per heavy atom. The Morgan fingerprint density at radius 3 is 2.60 bits per heavy atom. The van der Waals surface area contributed by atoms with Crippen molar-refractivity contribution in [2.45, 2.75) is 13.3 Å². The van der Waals surface area contributed by atoms with Gasteiger partial charge in [0.2, 0.25) is 0 Å². The maximum absolute atomic E-state index is 12.8. The van der Waals surface area contributed by atoms with Crippen LogP contribution in [0.2, 0.25) is 0 Å². The summed E-state index contributed by atoms with van der Waals surface area (Å²) in [6.45, 7) is 1.46. The number of benzene rings is 1. The van der Waals surface area contributed by atoms with Crippen molar-refractivity contribution in [2.24, 2.45) is 0 Å². The molecule has 0 aliphatic carbocycles. The Hall–Kier alpha value is -1.47. The zero-order chi connectivity index (χ0) is 15.0. The number of esters is 2. The Bertz CT molecular complexity index is 478. The largest absolute Gasteiger partial charge is 0.464 e. The van der Waals surface area contributed by atoms with Crippen LogP contribution in [-0.4, -0.2) is 31.8 Å². The van der Waals surface area contributed by atoms with Gasteiger partial charge in [0.05, 0.1) is 11.1 Å². The van der Waals surface area contributed by atoms with Crippen molar-refractivity contribution in [3.8, 4) is 5.75 Å². The highest BCUT2D eigenvalue weighted by Crippen LogP contribution is 2.25. The van der Waals surface area contributed by atoms with E-state index < -0.39 is 24.4 Å². The van der Waals surface area contributed by atoms with Gasteiger partial charge in [-0.05, 0) is 40.5 Å². The molecule has 7 heteroatoms.